The Morgan fingerprint density at radius 2 is 1.72 bits per heavy atom. The molecule has 0 amide bonds. The van der Waals surface area contributed by atoms with E-state index in [9.17, 15) is 18.3 Å². The predicted octanol–water partition coefficient (Wildman–Crippen LogP) is 4.99. The summed E-state index contributed by atoms with van der Waals surface area (Å²) in [6, 6.07) is 12.7. The topological polar surface area (TPSA) is 83.0 Å². The number of aliphatic hydroxyl groups excluding tert-OH is 1. The van der Waals surface area contributed by atoms with Crippen LogP contribution in [0.15, 0.2) is 54.9 Å². The number of nitrogens with zero attached hydrogens (tertiary/aromatic N) is 3. The fourth-order valence-corrected chi connectivity index (χ4v) is 3.29. The van der Waals surface area contributed by atoms with Gasteiger partial charge in [-0.1, -0.05) is 44.2 Å². The molecule has 9 heteroatoms. The summed E-state index contributed by atoms with van der Waals surface area (Å²) in [4.78, 5) is 12.2. The van der Waals surface area contributed by atoms with E-state index in [1.807, 2.05) is 56.3 Å². The summed E-state index contributed by atoms with van der Waals surface area (Å²) >= 11 is 0. The lowest BCUT2D eigenvalue weighted by atomic mass is 9.99. The van der Waals surface area contributed by atoms with Crippen molar-refractivity contribution in [3.8, 4) is 11.3 Å². The molecule has 0 aliphatic rings. The number of anilines is 2. The molecule has 2 atom stereocenters. The number of aromatic nitrogens is 3. The Bertz CT molecular complexity index is 1000. The first-order valence-corrected chi connectivity index (χ1v) is 10.3. The smallest absolute Gasteiger partial charge is 0.391 e. The predicted molar refractivity (Wildman–Crippen MR) is 118 cm³/mol. The molecule has 0 radical (unpaired) electrons. The van der Waals surface area contributed by atoms with Gasteiger partial charge in [0, 0.05) is 24.5 Å². The summed E-state index contributed by atoms with van der Waals surface area (Å²) in [5.41, 5.74) is 1.75. The van der Waals surface area contributed by atoms with Crippen LogP contribution >= 0.6 is 0 Å². The maximum Gasteiger partial charge on any atom is 0.421 e. The van der Waals surface area contributed by atoms with Gasteiger partial charge >= 0.3 is 6.18 Å². The lowest BCUT2D eigenvalue weighted by Crippen LogP contribution is -2.37. The summed E-state index contributed by atoms with van der Waals surface area (Å²) in [7, 11) is 0. The monoisotopic (exact) mass is 445 g/mol. The van der Waals surface area contributed by atoms with Crippen LogP contribution in [0.1, 0.15) is 31.9 Å². The van der Waals surface area contributed by atoms with Crippen LogP contribution in [0.2, 0.25) is 0 Å². The fourth-order valence-electron chi connectivity index (χ4n) is 3.29. The minimum Gasteiger partial charge on any atom is -0.391 e. The molecule has 6 nitrogen and oxygen atoms in total. The highest BCUT2D eigenvalue weighted by atomic mass is 19.4. The van der Waals surface area contributed by atoms with Crippen molar-refractivity contribution in [2.24, 2.45) is 5.92 Å². The Kier molecular flexibility index (Phi) is 7.29. The van der Waals surface area contributed by atoms with Crippen LogP contribution in [0.3, 0.4) is 0 Å². The number of alkyl halides is 3. The molecule has 0 bridgehead atoms. The lowest BCUT2D eigenvalue weighted by molar-refractivity contribution is -0.137. The largest absolute Gasteiger partial charge is 0.421 e. The van der Waals surface area contributed by atoms with E-state index in [4.69, 9.17) is 0 Å². The van der Waals surface area contributed by atoms with Gasteiger partial charge in [0.2, 0.25) is 5.95 Å². The number of aliphatic hydroxyl groups is 1. The Balaban J connectivity index is 1.76. The van der Waals surface area contributed by atoms with Gasteiger partial charge in [-0.2, -0.15) is 18.2 Å². The SMILES string of the molecule is CC(C)[C@@H](Nc1nc(NCc2ccc(-c3ccccn3)cc2)ncc1C(F)(F)F)[C@@H](C)O. The third-order valence-corrected chi connectivity index (χ3v) is 5.00. The molecule has 3 aromatic rings. The first-order chi connectivity index (χ1) is 15.1. The van der Waals surface area contributed by atoms with Crippen molar-refractivity contribution in [1.82, 2.24) is 15.0 Å². The maximum atomic E-state index is 13.5. The Hall–Kier alpha value is -3.20. The standard InChI is InChI=1S/C23H26F3N5O/c1-14(2)20(15(3)32)30-21-18(23(24,25)26)13-29-22(31-21)28-12-16-7-9-17(10-8-16)19-6-4-5-11-27-19/h4-11,13-15,20,32H,12H2,1-3H3,(H2,28,29,30,31)/t15-,20-/m1/s1. The average Bonchev–Trinajstić information content (AvgIpc) is 2.76. The molecular weight excluding hydrogens is 419 g/mol. The number of pyridine rings is 1. The first kappa shape index (κ1) is 23.5. The summed E-state index contributed by atoms with van der Waals surface area (Å²) in [6.45, 7) is 5.48. The van der Waals surface area contributed by atoms with Crippen molar-refractivity contribution in [2.45, 2.75) is 45.6 Å². The van der Waals surface area contributed by atoms with Gasteiger partial charge < -0.3 is 15.7 Å². The summed E-state index contributed by atoms with van der Waals surface area (Å²) in [5, 5.41) is 15.7. The second kappa shape index (κ2) is 9.95. The summed E-state index contributed by atoms with van der Waals surface area (Å²) in [5.74, 6) is -0.414. The molecule has 0 saturated carbocycles. The van der Waals surface area contributed by atoms with Crippen LogP contribution in [-0.2, 0) is 12.7 Å². The van der Waals surface area contributed by atoms with Crippen LogP contribution in [0.4, 0.5) is 24.9 Å². The Morgan fingerprint density at radius 3 is 2.28 bits per heavy atom. The van der Waals surface area contributed by atoms with E-state index < -0.39 is 23.9 Å². The second-order valence-corrected chi connectivity index (χ2v) is 7.87. The molecule has 170 valence electrons. The van der Waals surface area contributed by atoms with E-state index in [0.717, 1.165) is 23.0 Å². The fraction of sp³-hybridized carbons (Fsp3) is 0.348. The Morgan fingerprint density at radius 1 is 1.00 bits per heavy atom. The van der Waals surface area contributed by atoms with E-state index in [0.29, 0.717) is 6.54 Å². The van der Waals surface area contributed by atoms with E-state index >= 15 is 0 Å². The van der Waals surface area contributed by atoms with Crippen molar-refractivity contribution in [3.05, 3.63) is 66.0 Å². The number of rotatable bonds is 8. The van der Waals surface area contributed by atoms with E-state index in [2.05, 4.69) is 25.6 Å². The van der Waals surface area contributed by atoms with Crippen LogP contribution < -0.4 is 10.6 Å². The summed E-state index contributed by atoms with van der Waals surface area (Å²) < 4.78 is 40.4. The maximum absolute atomic E-state index is 13.5. The normalized spacial score (nSPS) is 13.6. The minimum atomic E-state index is -4.62. The van der Waals surface area contributed by atoms with Crippen molar-refractivity contribution in [2.75, 3.05) is 10.6 Å². The van der Waals surface area contributed by atoms with Gasteiger partial charge in [-0.25, -0.2) is 4.98 Å². The van der Waals surface area contributed by atoms with Gasteiger partial charge in [-0.3, -0.25) is 4.98 Å². The van der Waals surface area contributed by atoms with Gasteiger partial charge in [0.15, 0.2) is 0 Å². The van der Waals surface area contributed by atoms with Crippen molar-refractivity contribution in [3.63, 3.8) is 0 Å². The molecular formula is C23H26F3N5O. The van der Waals surface area contributed by atoms with Gasteiger partial charge in [-0.05, 0) is 30.5 Å². The molecule has 0 unspecified atom stereocenters. The third-order valence-electron chi connectivity index (χ3n) is 5.00. The molecule has 2 heterocycles. The molecule has 0 aliphatic carbocycles. The average molecular weight is 445 g/mol. The highest BCUT2D eigenvalue weighted by Gasteiger charge is 2.36. The molecule has 3 N–H and O–H groups in total. The second-order valence-electron chi connectivity index (χ2n) is 7.87. The Labute approximate surface area is 185 Å². The molecule has 0 fully saturated rings. The molecule has 3 rings (SSSR count). The van der Waals surface area contributed by atoms with Crippen molar-refractivity contribution in [1.29, 1.82) is 0 Å². The summed E-state index contributed by atoms with van der Waals surface area (Å²) in [6.07, 6.45) is -3.01. The van der Waals surface area contributed by atoms with Crippen LogP contribution in [-0.4, -0.2) is 32.2 Å². The number of hydrogen-bond donors (Lipinski definition) is 3. The number of nitrogens with one attached hydrogen (secondary N) is 2. The van der Waals surface area contributed by atoms with E-state index in [1.165, 1.54) is 6.92 Å². The molecule has 1 aromatic carbocycles. The van der Waals surface area contributed by atoms with Crippen LogP contribution in [0, 0.1) is 5.92 Å². The number of benzene rings is 1. The third kappa shape index (κ3) is 5.94. The zero-order valence-corrected chi connectivity index (χ0v) is 18.1. The van der Waals surface area contributed by atoms with Crippen LogP contribution in [0.25, 0.3) is 11.3 Å². The number of halogens is 3. The minimum absolute atomic E-state index is 0.0578. The molecule has 0 aliphatic heterocycles. The number of hydrogen-bond acceptors (Lipinski definition) is 6. The van der Waals surface area contributed by atoms with Crippen molar-refractivity contribution < 1.29 is 18.3 Å². The van der Waals surface area contributed by atoms with Crippen molar-refractivity contribution >= 4 is 11.8 Å². The quantitative estimate of drug-likeness (QED) is 0.453. The lowest BCUT2D eigenvalue weighted by Gasteiger charge is -2.27. The van der Waals surface area contributed by atoms with Gasteiger partial charge in [0.05, 0.1) is 17.8 Å². The van der Waals surface area contributed by atoms with Gasteiger partial charge in [-0.15, -0.1) is 0 Å². The molecule has 0 saturated heterocycles. The zero-order valence-electron chi connectivity index (χ0n) is 18.1. The van der Waals surface area contributed by atoms with Gasteiger partial charge in [0.25, 0.3) is 0 Å². The first-order valence-electron chi connectivity index (χ1n) is 10.3. The van der Waals surface area contributed by atoms with Gasteiger partial charge in [0.1, 0.15) is 11.4 Å². The van der Waals surface area contributed by atoms with E-state index in [-0.39, 0.29) is 17.7 Å². The molecule has 2 aromatic heterocycles. The zero-order chi connectivity index (χ0) is 23.3. The molecule has 32 heavy (non-hydrogen) atoms. The van der Waals surface area contributed by atoms with Crippen LogP contribution in [0.5, 0.6) is 0 Å². The highest BCUT2D eigenvalue weighted by Crippen LogP contribution is 2.34. The molecule has 0 spiro atoms. The highest BCUT2D eigenvalue weighted by molar-refractivity contribution is 5.59. The van der Waals surface area contributed by atoms with E-state index in [1.54, 1.807) is 6.20 Å².